The number of benzene rings is 1. The van der Waals surface area contributed by atoms with Crippen molar-refractivity contribution in [1.82, 2.24) is 9.88 Å². The molecule has 2 saturated heterocycles. The maximum atomic E-state index is 16.1. The van der Waals surface area contributed by atoms with Crippen molar-refractivity contribution < 1.29 is 48.3 Å². The molecule has 218 valence electrons. The van der Waals surface area contributed by atoms with Crippen molar-refractivity contribution >= 4 is 34.2 Å². The number of nitrogens with two attached hydrogens (primary N) is 1. The Balaban J connectivity index is 1.59. The number of hydrogen-bond acceptors (Lipinski definition) is 11. The lowest BCUT2D eigenvalue weighted by atomic mass is 9.99. The second kappa shape index (κ2) is 10.2. The first-order valence-corrected chi connectivity index (χ1v) is 12.8. The highest BCUT2D eigenvalue weighted by Crippen LogP contribution is 2.42. The van der Waals surface area contributed by atoms with Crippen molar-refractivity contribution in [3.05, 3.63) is 33.6 Å². The second-order valence-electron chi connectivity index (χ2n) is 10.6. The molecule has 0 spiro atoms. The third-order valence-corrected chi connectivity index (χ3v) is 7.43. The van der Waals surface area contributed by atoms with E-state index < -0.39 is 76.3 Å². The number of anilines is 2. The molecule has 7 N–H and O–H groups in total. The molecule has 2 aromatic rings. The van der Waals surface area contributed by atoms with Gasteiger partial charge in [-0.15, -0.1) is 0 Å². The molecule has 13 nitrogen and oxygen atoms in total. The van der Waals surface area contributed by atoms with E-state index in [2.05, 4.69) is 5.32 Å². The average molecular weight is 569 g/mol. The molecule has 5 rings (SSSR count). The summed E-state index contributed by atoms with van der Waals surface area (Å²) in [4.78, 5) is 39.4. The van der Waals surface area contributed by atoms with Crippen LogP contribution < -0.4 is 21.4 Å². The van der Waals surface area contributed by atoms with Crippen LogP contribution in [0.4, 0.5) is 20.2 Å². The molecule has 1 aromatic heterocycles. The Morgan fingerprint density at radius 2 is 1.70 bits per heavy atom. The SMILES string of the molecule is C[C@@H]1CN(c2c(F)c(N)c3c(=O)c(C(=O)OC4OC(C(=O)O)C(O)C(O)C4O)cn(C4CC4)c3c2F)C[C@H](C)N1. The number of aliphatic carboxylic acids is 1. The Kier molecular flexibility index (Phi) is 7.20. The summed E-state index contributed by atoms with van der Waals surface area (Å²) in [7, 11) is 0. The van der Waals surface area contributed by atoms with E-state index in [1.54, 1.807) is 0 Å². The fraction of sp³-hybridized carbons (Fsp3) is 0.560. The number of pyridine rings is 1. The van der Waals surface area contributed by atoms with Crippen LogP contribution in [0.3, 0.4) is 0 Å². The van der Waals surface area contributed by atoms with Gasteiger partial charge >= 0.3 is 11.9 Å². The zero-order valence-corrected chi connectivity index (χ0v) is 21.6. The average Bonchev–Trinajstić information content (AvgIpc) is 3.72. The van der Waals surface area contributed by atoms with Gasteiger partial charge in [-0.2, -0.15) is 0 Å². The lowest BCUT2D eigenvalue weighted by Crippen LogP contribution is -2.60. The van der Waals surface area contributed by atoms with Gasteiger partial charge in [-0.05, 0) is 26.7 Å². The van der Waals surface area contributed by atoms with Gasteiger partial charge in [-0.1, -0.05) is 0 Å². The van der Waals surface area contributed by atoms with E-state index in [9.17, 15) is 34.8 Å². The zero-order chi connectivity index (χ0) is 29.2. The summed E-state index contributed by atoms with van der Waals surface area (Å²) in [6.07, 6.45) is -8.08. The minimum Gasteiger partial charge on any atom is -0.479 e. The molecule has 15 heteroatoms. The molecular weight excluding hydrogens is 538 g/mol. The number of aliphatic hydroxyl groups is 3. The number of fused-ring (bicyclic) bond motifs is 1. The van der Waals surface area contributed by atoms with Gasteiger partial charge in [0.15, 0.2) is 17.7 Å². The molecule has 3 heterocycles. The Morgan fingerprint density at radius 3 is 2.27 bits per heavy atom. The molecule has 0 radical (unpaired) electrons. The number of carbonyl (C=O) groups excluding carboxylic acids is 1. The molecule has 5 unspecified atom stereocenters. The van der Waals surface area contributed by atoms with Crippen LogP contribution >= 0.6 is 0 Å². The van der Waals surface area contributed by atoms with Gasteiger partial charge in [0.25, 0.3) is 0 Å². The first-order chi connectivity index (χ1) is 18.8. The van der Waals surface area contributed by atoms with Crippen molar-refractivity contribution in [2.45, 2.75) is 75.5 Å². The van der Waals surface area contributed by atoms with E-state index in [1.807, 2.05) is 13.8 Å². The summed E-state index contributed by atoms with van der Waals surface area (Å²) in [5.74, 6) is -5.28. The Morgan fingerprint density at radius 1 is 1.07 bits per heavy atom. The van der Waals surface area contributed by atoms with Crippen molar-refractivity contribution in [2.24, 2.45) is 0 Å². The number of piperazine rings is 1. The topological polar surface area (TPSA) is 197 Å². The number of esters is 1. The van der Waals surface area contributed by atoms with Crippen molar-refractivity contribution in [1.29, 1.82) is 0 Å². The van der Waals surface area contributed by atoms with Gasteiger partial charge in [0.05, 0.1) is 16.6 Å². The van der Waals surface area contributed by atoms with Crippen LogP contribution in [0.15, 0.2) is 11.0 Å². The van der Waals surface area contributed by atoms with Crippen molar-refractivity contribution in [2.75, 3.05) is 23.7 Å². The molecule has 3 fully saturated rings. The van der Waals surface area contributed by atoms with E-state index in [0.29, 0.717) is 12.8 Å². The molecule has 7 atom stereocenters. The van der Waals surface area contributed by atoms with Gasteiger partial charge in [-0.3, -0.25) is 4.79 Å². The smallest absolute Gasteiger partial charge is 0.346 e. The Hall–Kier alpha value is -3.37. The number of hydrogen-bond donors (Lipinski definition) is 6. The molecule has 40 heavy (non-hydrogen) atoms. The molecule has 1 saturated carbocycles. The van der Waals surface area contributed by atoms with E-state index in [0.717, 1.165) is 6.20 Å². The Bertz CT molecular complexity index is 1420. The highest BCUT2D eigenvalue weighted by atomic mass is 19.1. The van der Waals surface area contributed by atoms with E-state index >= 15 is 8.78 Å². The number of halogens is 2. The number of aliphatic hydroxyl groups excluding tert-OH is 3. The third kappa shape index (κ3) is 4.66. The Labute approximate surface area is 225 Å². The molecular formula is C25H30F2N4O9. The number of rotatable bonds is 5. The number of aromatic nitrogens is 1. The van der Waals surface area contributed by atoms with Crippen LogP contribution in [-0.4, -0.2) is 92.8 Å². The maximum absolute atomic E-state index is 16.1. The molecule has 3 aliphatic rings. The van der Waals surface area contributed by atoms with Crippen molar-refractivity contribution in [3.8, 4) is 0 Å². The lowest BCUT2D eigenvalue weighted by molar-refractivity contribution is -0.278. The first-order valence-electron chi connectivity index (χ1n) is 12.8. The predicted octanol–water partition coefficient (Wildman–Crippen LogP) is -0.568. The molecule has 1 aromatic carbocycles. The quantitative estimate of drug-likeness (QED) is 0.199. The normalized spacial score (nSPS) is 30.9. The van der Waals surface area contributed by atoms with E-state index in [-0.39, 0.29) is 42.4 Å². The van der Waals surface area contributed by atoms with Crippen LogP contribution in [0.2, 0.25) is 0 Å². The molecule has 1 aliphatic carbocycles. The summed E-state index contributed by atoms with van der Waals surface area (Å²) in [5, 5.41) is 41.9. The fourth-order valence-electron chi connectivity index (χ4n) is 5.44. The first kappa shape index (κ1) is 28.2. The maximum Gasteiger partial charge on any atom is 0.346 e. The summed E-state index contributed by atoms with van der Waals surface area (Å²) in [6.45, 7) is 4.30. The molecule has 0 amide bonds. The number of carbonyl (C=O) groups is 2. The van der Waals surface area contributed by atoms with Crippen LogP contribution in [-0.2, 0) is 14.3 Å². The highest BCUT2D eigenvalue weighted by Gasteiger charge is 2.49. The van der Waals surface area contributed by atoms with Gasteiger partial charge < -0.3 is 50.4 Å². The van der Waals surface area contributed by atoms with E-state index in [1.165, 1.54) is 9.47 Å². The summed E-state index contributed by atoms with van der Waals surface area (Å²) >= 11 is 0. The second-order valence-corrected chi connectivity index (χ2v) is 10.6. The number of nitrogen functional groups attached to an aromatic ring is 1. The van der Waals surface area contributed by atoms with Crippen LogP contribution in [0.5, 0.6) is 0 Å². The molecule has 0 bridgehead atoms. The summed E-state index contributed by atoms with van der Waals surface area (Å²) in [5.41, 5.74) is 2.92. The van der Waals surface area contributed by atoms with Gasteiger partial charge in [-0.25, -0.2) is 18.4 Å². The number of nitrogens with zero attached hydrogens (tertiary/aromatic N) is 2. The number of carboxylic acids is 1. The van der Waals surface area contributed by atoms with Gasteiger partial charge in [0, 0.05) is 37.4 Å². The zero-order valence-electron chi connectivity index (χ0n) is 21.6. The predicted molar refractivity (Wildman–Crippen MR) is 135 cm³/mol. The minimum absolute atomic E-state index is 0.0834. The minimum atomic E-state index is -2.08. The van der Waals surface area contributed by atoms with E-state index in [4.69, 9.17) is 15.2 Å². The lowest BCUT2D eigenvalue weighted by Gasteiger charge is -2.38. The largest absolute Gasteiger partial charge is 0.479 e. The summed E-state index contributed by atoms with van der Waals surface area (Å²) < 4.78 is 43.1. The fourth-order valence-corrected chi connectivity index (χ4v) is 5.44. The standard InChI is InChI=1S/C25H30F2N4O9/c1-8-5-30(6-9(2)29-8)17-13(26)15(28)12-16(14(17)27)31(10-3-4-10)7-11(18(12)32)24(38)40-25-21(35)19(33)20(34)22(39-25)23(36)37/h7-10,19-22,25,29,33-35H,3-6,28H2,1-2H3,(H,36,37)/t8-,9+,19?,20?,21?,22?,25?. The van der Waals surface area contributed by atoms with Crippen molar-refractivity contribution in [3.63, 3.8) is 0 Å². The molecule has 2 aliphatic heterocycles. The number of nitrogens with one attached hydrogen (secondary N) is 1. The third-order valence-electron chi connectivity index (χ3n) is 7.43. The van der Waals surface area contributed by atoms with Gasteiger partial charge in [0.2, 0.25) is 11.7 Å². The monoisotopic (exact) mass is 568 g/mol. The number of ether oxygens (including phenoxy) is 2. The van der Waals surface area contributed by atoms with Gasteiger partial charge in [0.1, 0.15) is 29.6 Å². The number of carboxylic acid groups (broad SMARTS) is 1. The highest BCUT2D eigenvalue weighted by molar-refractivity contribution is 6.00. The summed E-state index contributed by atoms with van der Waals surface area (Å²) in [6, 6.07) is -0.493. The van der Waals surface area contributed by atoms with Crippen LogP contribution in [0.1, 0.15) is 43.1 Å². The van der Waals surface area contributed by atoms with Crippen LogP contribution in [0, 0.1) is 11.6 Å². The van der Waals surface area contributed by atoms with Crippen LogP contribution in [0.25, 0.3) is 10.9 Å².